The average molecular weight is 225 g/mol. The summed E-state index contributed by atoms with van der Waals surface area (Å²) in [7, 11) is 0. The molecule has 1 fully saturated rings. The summed E-state index contributed by atoms with van der Waals surface area (Å²) in [5, 5.41) is 11.8. The van der Waals surface area contributed by atoms with E-state index in [2.05, 4.69) is 12.2 Å². The molecule has 0 unspecified atom stereocenters. The van der Waals surface area contributed by atoms with Crippen LogP contribution in [0.15, 0.2) is 12.2 Å². The van der Waals surface area contributed by atoms with Crippen LogP contribution >= 0.6 is 0 Å². The average Bonchev–Trinajstić information content (AvgIpc) is 2.27. The maximum Gasteiger partial charge on any atom is 0.328 e. The van der Waals surface area contributed by atoms with Crippen LogP contribution in [0, 0.1) is 5.92 Å². The third kappa shape index (κ3) is 5.31. The van der Waals surface area contributed by atoms with Gasteiger partial charge in [-0.25, -0.2) is 4.79 Å². The summed E-state index contributed by atoms with van der Waals surface area (Å²) in [6.07, 6.45) is 10.7. The van der Waals surface area contributed by atoms with E-state index in [1.54, 1.807) is 6.08 Å². The molecule has 1 rings (SSSR count). The molecule has 0 aromatic rings. The van der Waals surface area contributed by atoms with Crippen LogP contribution < -0.4 is 5.32 Å². The van der Waals surface area contributed by atoms with E-state index in [-0.39, 0.29) is 0 Å². The Hall–Kier alpha value is -0.830. The van der Waals surface area contributed by atoms with Crippen LogP contribution in [0.4, 0.5) is 0 Å². The number of aliphatic carboxylic acids is 1. The van der Waals surface area contributed by atoms with Gasteiger partial charge in [0.15, 0.2) is 0 Å². The third-order valence-corrected chi connectivity index (χ3v) is 3.33. The second-order valence-corrected chi connectivity index (χ2v) is 4.66. The van der Waals surface area contributed by atoms with Gasteiger partial charge in [0.05, 0.1) is 0 Å². The lowest BCUT2D eigenvalue weighted by Gasteiger charge is -2.28. The summed E-state index contributed by atoms with van der Waals surface area (Å²) in [6, 6.07) is 0.589. The minimum atomic E-state index is -0.867. The smallest absolute Gasteiger partial charge is 0.328 e. The highest BCUT2D eigenvalue weighted by Crippen LogP contribution is 2.27. The van der Waals surface area contributed by atoms with Crippen molar-refractivity contribution in [2.45, 2.75) is 51.5 Å². The fourth-order valence-electron chi connectivity index (χ4n) is 2.46. The van der Waals surface area contributed by atoms with Crippen molar-refractivity contribution in [3.63, 3.8) is 0 Å². The van der Waals surface area contributed by atoms with E-state index in [9.17, 15) is 4.79 Å². The normalized spacial score (nSPS) is 26.1. The molecule has 92 valence electrons. The van der Waals surface area contributed by atoms with Crippen molar-refractivity contribution in [1.82, 2.24) is 5.32 Å². The standard InChI is InChI=1S/C13H23NO2/c1-2-4-11-6-8-12(9-7-11)14-10-3-5-13(15)16/h3,5,11-12,14H,2,4,6-10H2,1H3,(H,15,16)/b5-3+. The lowest BCUT2D eigenvalue weighted by molar-refractivity contribution is -0.131. The van der Waals surface area contributed by atoms with Gasteiger partial charge in [-0.1, -0.05) is 25.8 Å². The van der Waals surface area contributed by atoms with Crippen LogP contribution in [0.2, 0.25) is 0 Å². The second-order valence-electron chi connectivity index (χ2n) is 4.66. The van der Waals surface area contributed by atoms with Crippen LogP contribution in [0.1, 0.15) is 45.4 Å². The van der Waals surface area contributed by atoms with E-state index >= 15 is 0 Å². The largest absolute Gasteiger partial charge is 0.478 e. The SMILES string of the molecule is CCCC1CCC(NC/C=C/C(=O)O)CC1. The molecule has 0 heterocycles. The molecule has 2 N–H and O–H groups in total. The maximum absolute atomic E-state index is 10.3. The molecule has 0 aliphatic heterocycles. The zero-order valence-corrected chi connectivity index (χ0v) is 10.1. The number of carboxylic acids is 1. The fraction of sp³-hybridized carbons (Fsp3) is 0.769. The van der Waals surface area contributed by atoms with Crippen LogP contribution in [0.3, 0.4) is 0 Å². The predicted octanol–water partition coefficient (Wildman–Crippen LogP) is 2.58. The van der Waals surface area contributed by atoms with Crippen molar-refractivity contribution in [3.8, 4) is 0 Å². The van der Waals surface area contributed by atoms with Gasteiger partial charge in [-0.3, -0.25) is 0 Å². The Kier molecular flexibility index (Phi) is 6.16. The summed E-state index contributed by atoms with van der Waals surface area (Å²) in [5.74, 6) is 0.0612. The van der Waals surface area contributed by atoms with Gasteiger partial charge in [-0.05, 0) is 31.6 Å². The van der Waals surface area contributed by atoms with Crippen LogP contribution in [0.5, 0.6) is 0 Å². The van der Waals surface area contributed by atoms with E-state index in [1.807, 2.05) is 0 Å². The van der Waals surface area contributed by atoms with Crippen molar-refractivity contribution in [3.05, 3.63) is 12.2 Å². The zero-order chi connectivity index (χ0) is 11.8. The summed E-state index contributed by atoms with van der Waals surface area (Å²) in [5.41, 5.74) is 0. The third-order valence-electron chi connectivity index (χ3n) is 3.33. The lowest BCUT2D eigenvalue weighted by Crippen LogP contribution is -2.33. The first-order valence-electron chi connectivity index (χ1n) is 6.35. The molecule has 1 aliphatic carbocycles. The molecule has 3 nitrogen and oxygen atoms in total. The molecule has 0 bridgehead atoms. The topological polar surface area (TPSA) is 49.3 Å². The van der Waals surface area contributed by atoms with E-state index < -0.39 is 5.97 Å². The molecule has 0 amide bonds. The number of nitrogens with one attached hydrogen (secondary N) is 1. The Bertz CT molecular complexity index is 230. The van der Waals surface area contributed by atoms with E-state index in [4.69, 9.17) is 5.11 Å². The Labute approximate surface area is 97.9 Å². The van der Waals surface area contributed by atoms with Crippen molar-refractivity contribution in [2.75, 3.05) is 6.54 Å². The van der Waals surface area contributed by atoms with Gasteiger partial charge in [0.25, 0.3) is 0 Å². The highest BCUT2D eigenvalue weighted by atomic mass is 16.4. The zero-order valence-electron chi connectivity index (χ0n) is 10.1. The monoisotopic (exact) mass is 225 g/mol. The first kappa shape index (κ1) is 13.2. The van der Waals surface area contributed by atoms with Gasteiger partial charge in [0.1, 0.15) is 0 Å². The Morgan fingerprint density at radius 2 is 2.06 bits per heavy atom. The minimum Gasteiger partial charge on any atom is -0.478 e. The molecule has 0 radical (unpaired) electrons. The van der Waals surface area contributed by atoms with Crippen LogP contribution in [0.25, 0.3) is 0 Å². The van der Waals surface area contributed by atoms with Gasteiger partial charge in [0, 0.05) is 18.7 Å². The Morgan fingerprint density at radius 1 is 1.38 bits per heavy atom. The molecule has 0 aromatic heterocycles. The molecular formula is C13H23NO2. The molecule has 0 atom stereocenters. The molecule has 16 heavy (non-hydrogen) atoms. The van der Waals surface area contributed by atoms with Gasteiger partial charge in [-0.2, -0.15) is 0 Å². The number of rotatable bonds is 6. The maximum atomic E-state index is 10.3. The Morgan fingerprint density at radius 3 is 2.62 bits per heavy atom. The Balaban J connectivity index is 2.10. The van der Waals surface area contributed by atoms with Crippen LogP contribution in [-0.4, -0.2) is 23.7 Å². The lowest BCUT2D eigenvalue weighted by atomic mass is 9.83. The van der Waals surface area contributed by atoms with Crippen molar-refractivity contribution in [1.29, 1.82) is 0 Å². The number of carboxylic acid groups (broad SMARTS) is 1. The van der Waals surface area contributed by atoms with Gasteiger partial charge < -0.3 is 10.4 Å². The summed E-state index contributed by atoms with van der Waals surface area (Å²) in [6.45, 7) is 2.93. The molecule has 1 aliphatic rings. The summed E-state index contributed by atoms with van der Waals surface area (Å²) in [4.78, 5) is 10.3. The van der Waals surface area contributed by atoms with Gasteiger partial charge in [0.2, 0.25) is 0 Å². The van der Waals surface area contributed by atoms with E-state index in [0.29, 0.717) is 12.6 Å². The first-order chi connectivity index (χ1) is 7.72. The number of carbonyl (C=O) groups is 1. The van der Waals surface area contributed by atoms with Crippen molar-refractivity contribution in [2.24, 2.45) is 5.92 Å². The highest BCUT2D eigenvalue weighted by Gasteiger charge is 2.19. The molecule has 0 aromatic carbocycles. The summed E-state index contributed by atoms with van der Waals surface area (Å²) >= 11 is 0. The van der Waals surface area contributed by atoms with Gasteiger partial charge >= 0.3 is 5.97 Å². The first-order valence-corrected chi connectivity index (χ1v) is 6.35. The molecular weight excluding hydrogens is 202 g/mol. The van der Waals surface area contributed by atoms with E-state index in [0.717, 1.165) is 5.92 Å². The van der Waals surface area contributed by atoms with Crippen LogP contribution in [-0.2, 0) is 4.79 Å². The number of hydrogen-bond donors (Lipinski definition) is 2. The molecule has 0 saturated heterocycles. The highest BCUT2D eigenvalue weighted by molar-refractivity contribution is 5.79. The summed E-state index contributed by atoms with van der Waals surface area (Å²) < 4.78 is 0. The van der Waals surface area contributed by atoms with Crippen molar-refractivity contribution >= 4 is 5.97 Å². The molecule has 0 spiro atoms. The fourth-order valence-corrected chi connectivity index (χ4v) is 2.46. The quantitative estimate of drug-likeness (QED) is 0.683. The molecule has 1 saturated carbocycles. The van der Waals surface area contributed by atoms with Crippen molar-refractivity contribution < 1.29 is 9.90 Å². The second kappa shape index (κ2) is 7.44. The number of hydrogen-bond acceptors (Lipinski definition) is 2. The minimum absolute atomic E-state index is 0.589. The predicted molar refractivity (Wildman–Crippen MR) is 65.4 cm³/mol. The van der Waals surface area contributed by atoms with E-state index in [1.165, 1.54) is 44.6 Å². The molecule has 3 heteroatoms. The van der Waals surface area contributed by atoms with Gasteiger partial charge in [-0.15, -0.1) is 0 Å².